The highest BCUT2D eigenvalue weighted by Crippen LogP contribution is 2.40. The number of anilines is 3. The van der Waals surface area contributed by atoms with Gasteiger partial charge in [-0.15, -0.1) is 0 Å². The first-order chi connectivity index (χ1) is 15.1. The molecule has 5 rings (SSSR count). The molecule has 1 fully saturated rings. The molecule has 2 aliphatic rings. The number of carbonyl (C=O) groups excluding carboxylic acids is 1. The summed E-state index contributed by atoms with van der Waals surface area (Å²) in [5.41, 5.74) is 5.35. The average Bonchev–Trinajstić information content (AvgIpc) is 3.19. The van der Waals surface area contributed by atoms with Crippen molar-refractivity contribution in [2.24, 2.45) is 0 Å². The summed E-state index contributed by atoms with van der Waals surface area (Å²) in [4.78, 5) is 24.8. The van der Waals surface area contributed by atoms with Crippen LogP contribution < -0.4 is 10.2 Å². The van der Waals surface area contributed by atoms with E-state index in [1.807, 2.05) is 18.2 Å². The van der Waals surface area contributed by atoms with Gasteiger partial charge in [0.1, 0.15) is 5.82 Å². The normalized spacial score (nSPS) is 17.2. The van der Waals surface area contributed by atoms with Crippen LogP contribution in [0.3, 0.4) is 0 Å². The number of fused-ring (bicyclic) bond motifs is 2. The van der Waals surface area contributed by atoms with Gasteiger partial charge in [-0.3, -0.25) is 9.69 Å². The number of nitrogens with zero attached hydrogens (tertiary/aromatic N) is 4. The predicted molar refractivity (Wildman–Crippen MR) is 126 cm³/mol. The smallest absolute Gasteiger partial charge is 0.238 e. The third-order valence-corrected chi connectivity index (χ3v) is 6.35. The zero-order valence-electron chi connectivity index (χ0n) is 18.3. The lowest BCUT2D eigenvalue weighted by molar-refractivity contribution is -0.117. The molecule has 0 aliphatic carbocycles. The second kappa shape index (κ2) is 8.29. The van der Waals surface area contributed by atoms with Crippen LogP contribution in [0.15, 0.2) is 48.5 Å². The molecule has 1 N–H and O–H groups in total. The highest BCUT2D eigenvalue weighted by molar-refractivity contribution is 6.05. The number of aryl methyl sites for hydroxylation is 1. The highest BCUT2D eigenvalue weighted by atomic mass is 16.2. The van der Waals surface area contributed by atoms with Gasteiger partial charge < -0.3 is 15.1 Å². The molecule has 0 radical (unpaired) electrons. The Morgan fingerprint density at radius 2 is 1.84 bits per heavy atom. The Morgan fingerprint density at radius 1 is 1.03 bits per heavy atom. The number of piperazine rings is 1. The Kier molecular flexibility index (Phi) is 5.34. The molecule has 1 saturated heterocycles. The van der Waals surface area contributed by atoms with E-state index < -0.39 is 0 Å². The van der Waals surface area contributed by atoms with E-state index in [-0.39, 0.29) is 5.91 Å². The molecule has 2 aliphatic heterocycles. The number of aromatic nitrogens is 1. The SMILES string of the molecule is Cc1cccc(N2CCc3c2nc2ccccc2c3NC(=O)CN2CCN(C)CC2)c1. The number of nitrogens with one attached hydrogen (secondary N) is 1. The molecule has 1 amide bonds. The van der Waals surface area contributed by atoms with Gasteiger partial charge in [-0.25, -0.2) is 4.98 Å². The van der Waals surface area contributed by atoms with Crippen molar-refractivity contribution in [2.45, 2.75) is 13.3 Å². The monoisotopic (exact) mass is 415 g/mol. The Hall–Kier alpha value is -2.96. The Morgan fingerprint density at radius 3 is 2.65 bits per heavy atom. The van der Waals surface area contributed by atoms with E-state index in [1.54, 1.807) is 0 Å². The van der Waals surface area contributed by atoms with Crippen molar-refractivity contribution in [2.75, 3.05) is 56.5 Å². The topological polar surface area (TPSA) is 51.7 Å². The van der Waals surface area contributed by atoms with Crippen LogP contribution in [0.5, 0.6) is 0 Å². The highest BCUT2D eigenvalue weighted by Gasteiger charge is 2.28. The van der Waals surface area contributed by atoms with Crippen molar-refractivity contribution in [3.63, 3.8) is 0 Å². The minimum atomic E-state index is 0.0529. The molecule has 3 aromatic rings. The Balaban J connectivity index is 1.47. The standard InChI is InChI=1S/C25H29N5O/c1-18-6-5-7-19(16-18)30-11-10-21-24(20-8-3-4-9-22(20)26-25(21)30)27-23(31)17-29-14-12-28(2)13-15-29/h3-9,16H,10-15,17H2,1-2H3,(H,26,27,31). The summed E-state index contributed by atoms with van der Waals surface area (Å²) < 4.78 is 0. The van der Waals surface area contributed by atoms with Crippen molar-refractivity contribution < 1.29 is 4.79 Å². The van der Waals surface area contributed by atoms with Crippen molar-refractivity contribution in [1.82, 2.24) is 14.8 Å². The summed E-state index contributed by atoms with van der Waals surface area (Å²) in [6.07, 6.45) is 0.866. The van der Waals surface area contributed by atoms with E-state index in [4.69, 9.17) is 4.98 Å². The maximum absolute atomic E-state index is 13.0. The predicted octanol–water partition coefficient (Wildman–Crippen LogP) is 3.42. The molecule has 0 bridgehead atoms. The first-order valence-corrected chi connectivity index (χ1v) is 11.0. The number of hydrogen-bond acceptors (Lipinski definition) is 5. The molecule has 3 heterocycles. The maximum atomic E-state index is 13.0. The molecule has 6 heteroatoms. The Labute approximate surface area is 183 Å². The van der Waals surface area contributed by atoms with Crippen molar-refractivity contribution in [3.8, 4) is 0 Å². The van der Waals surface area contributed by atoms with Gasteiger partial charge in [-0.2, -0.15) is 0 Å². The fourth-order valence-electron chi connectivity index (χ4n) is 4.61. The minimum absolute atomic E-state index is 0.0529. The zero-order chi connectivity index (χ0) is 21.4. The van der Waals surface area contributed by atoms with Crippen molar-refractivity contribution in [3.05, 3.63) is 59.7 Å². The molecule has 0 saturated carbocycles. The van der Waals surface area contributed by atoms with Gasteiger partial charge in [0.25, 0.3) is 0 Å². The van der Waals surface area contributed by atoms with E-state index in [0.29, 0.717) is 6.54 Å². The van der Waals surface area contributed by atoms with Crippen LogP contribution >= 0.6 is 0 Å². The molecule has 0 atom stereocenters. The minimum Gasteiger partial charge on any atom is -0.326 e. The average molecular weight is 416 g/mol. The summed E-state index contributed by atoms with van der Waals surface area (Å²) in [5, 5.41) is 4.28. The summed E-state index contributed by atoms with van der Waals surface area (Å²) >= 11 is 0. The molecule has 31 heavy (non-hydrogen) atoms. The largest absolute Gasteiger partial charge is 0.326 e. The van der Waals surface area contributed by atoms with Gasteiger partial charge >= 0.3 is 0 Å². The third kappa shape index (κ3) is 4.01. The van der Waals surface area contributed by atoms with Crippen LogP contribution in [0.4, 0.5) is 17.2 Å². The van der Waals surface area contributed by atoms with Crippen molar-refractivity contribution in [1.29, 1.82) is 0 Å². The van der Waals surface area contributed by atoms with Crippen LogP contribution in [0.25, 0.3) is 10.9 Å². The van der Waals surface area contributed by atoms with E-state index in [1.165, 1.54) is 5.56 Å². The summed E-state index contributed by atoms with van der Waals surface area (Å²) in [6.45, 7) is 7.28. The number of amides is 1. The van der Waals surface area contributed by atoms with Crippen LogP contribution in [-0.4, -0.2) is 67.0 Å². The molecular weight excluding hydrogens is 386 g/mol. The number of hydrogen-bond donors (Lipinski definition) is 1. The van der Waals surface area contributed by atoms with E-state index in [9.17, 15) is 4.79 Å². The number of benzene rings is 2. The first kappa shape index (κ1) is 20.0. The summed E-state index contributed by atoms with van der Waals surface area (Å²) in [7, 11) is 2.13. The lowest BCUT2D eigenvalue weighted by Gasteiger charge is -2.31. The van der Waals surface area contributed by atoms with E-state index in [2.05, 4.69) is 64.3 Å². The lowest BCUT2D eigenvalue weighted by Crippen LogP contribution is -2.47. The van der Waals surface area contributed by atoms with Crippen LogP contribution in [0.1, 0.15) is 11.1 Å². The van der Waals surface area contributed by atoms with E-state index >= 15 is 0 Å². The summed E-state index contributed by atoms with van der Waals surface area (Å²) in [6, 6.07) is 16.6. The molecule has 0 unspecified atom stereocenters. The molecule has 160 valence electrons. The van der Waals surface area contributed by atoms with Gasteiger partial charge in [-0.05, 0) is 44.2 Å². The van der Waals surface area contributed by atoms with Gasteiger partial charge in [0.15, 0.2) is 0 Å². The molecule has 0 spiro atoms. The number of rotatable bonds is 4. The summed E-state index contributed by atoms with van der Waals surface area (Å²) in [5.74, 6) is 1.01. The van der Waals surface area contributed by atoms with Crippen LogP contribution in [0, 0.1) is 6.92 Å². The fourth-order valence-corrected chi connectivity index (χ4v) is 4.61. The third-order valence-electron chi connectivity index (χ3n) is 6.35. The number of pyridine rings is 1. The fraction of sp³-hybridized carbons (Fsp3) is 0.360. The second-order valence-electron chi connectivity index (χ2n) is 8.67. The number of carbonyl (C=O) groups is 1. The molecule has 1 aromatic heterocycles. The number of likely N-dealkylation sites (N-methyl/N-ethyl adjacent to an activating group) is 1. The van der Waals surface area contributed by atoms with Crippen molar-refractivity contribution >= 4 is 34.0 Å². The lowest BCUT2D eigenvalue weighted by atomic mass is 10.1. The Bertz CT molecular complexity index is 1120. The van der Waals surface area contributed by atoms with Gasteiger partial charge in [0.05, 0.1) is 17.7 Å². The molecular formula is C25H29N5O. The van der Waals surface area contributed by atoms with Crippen LogP contribution in [0.2, 0.25) is 0 Å². The second-order valence-corrected chi connectivity index (χ2v) is 8.67. The van der Waals surface area contributed by atoms with Gasteiger partial charge in [0, 0.05) is 49.4 Å². The zero-order valence-corrected chi connectivity index (χ0v) is 18.3. The number of para-hydroxylation sites is 1. The van der Waals surface area contributed by atoms with Crippen LogP contribution in [-0.2, 0) is 11.2 Å². The maximum Gasteiger partial charge on any atom is 0.238 e. The quantitative estimate of drug-likeness (QED) is 0.708. The van der Waals surface area contributed by atoms with Gasteiger partial charge in [-0.1, -0.05) is 30.3 Å². The molecule has 6 nitrogen and oxygen atoms in total. The molecule has 2 aromatic carbocycles. The van der Waals surface area contributed by atoms with Gasteiger partial charge in [0.2, 0.25) is 5.91 Å². The first-order valence-electron chi connectivity index (χ1n) is 11.0. The van der Waals surface area contributed by atoms with E-state index in [0.717, 1.165) is 72.8 Å².